The second-order valence-corrected chi connectivity index (χ2v) is 3.57. The number of carbonyl (C=O) groups is 1. The van der Waals surface area contributed by atoms with Gasteiger partial charge in [-0.25, -0.2) is 0 Å². The van der Waals surface area contributed by atoms with Gasteiger partial charge in [-0.3, -0.25) is 4.79 Å². The molecule has 2 nitrogen and oxygen atoms in total. The van der Waals surface area contributed by atoms with Crippen molar-refractivity contribution in [3.05, 3.63) is 0 Å². The summed E-state index contributed by atoms with van der Waals surface area (Å²) in [5, 5.41) is 8.55. The smallest absolute Gasteiger partial charge is 0.307 e. The predicted octanol–water partition coefficient (Wildman–Crippen LogP) is 1.63. The molecular weight excluding hydrogens is 184 g/mol. The minimum Gasteiger partial charge on any atom is -0.481 e. The number of carboxylic acids is 1. The van der Waals surface area contributed by atoms with E-state index in [9.17, 15) is 4.79 Å². The van der Waals surface area contributed by atoms with Gasteiger partial charge < -0.3 is 5.11 Å². The summed E-state index contributed by atoms with van der Waals surface area (Å²) >= 11 is 3.32. The first-order valence-corrected chi connectivity index (χ1v) is 4.00. The largest absolute Gasteiger partial charge is 0.481 e. The number of hydrogen-bond donors (Lipinski definition) is 1. The standard InChI is InChI=1S/C6H9BrO2/c7-5-3-1-2-4(5)6(8)9/h4-5H,1-3H2,(H,8,9)/t4-,5-/m0/s1. The van der Waals surface area contributed by atoms with Crippen molar-refractivity contribution in [3.63, 3.8) is 0 Å². The van der Waals surface area contributed by atoms with Crippen LogP contribution in [0.25, 0.3) is 0 Å². The van der Waals surface area contributed by atoms with Crippen LogP contribution >= 0.6 is 15.9 Å². The molecular formula is C6H9BrO2. The van der Waals surface area contributed by atoms with Crippen molar-refractivity contribution in [3.8, 4) is 0 Å². The van der Waals surface area contributed by atoms with E-state index >= 15 is 0 Å². The van der Waals surface area contributed by atoms with Crippen LogP contribution in [0.3, 0.4) is 0 Å². The first-order valence-electron chi connectivity index (χ1n) is 3.08. The third kappa shape index (κ3) is 1.45. The molecule has 0 saturated heterocycles. The maximum absolute atomic E-state index is 10.4. The second kappa shape index (κ2) is 2.69. The van der Waals surface area contributed by atoms with E-state index < -0.39 is 5.97 Å². The third-order valence-electron chi connectivity index (χ3n) is 1.75. The minimum absolute atomic E-state index is 0.134. The first-order chi connectivity index (χ1) is 4.22. The molecule has 9 heavy (non-hydrogen) atoms. The highest BCUT2D eigenvalue weighted by atomic mass is 79.9. The quantitative estimate of drug-likeness (QED) is 0.642. The van der Waals surface area contributed by atoms with Crippen LogP contribution < -0.4 is 0 Å². The van der Waals surface area contributed by atoms with E-state index in [4.69, 9.17) is 5.11 Å². The lowest BCUT2D eigenvalue weighted by atomic mass is 10.1. The Hall–Kier alpha value is -0.0500. The van der Waals surface area contributed by atoms with Crippen LogP contribution in [0.2, 0.25) is 0 Å². The molecule has 1 rings (SSSR count). The Kier molecular flexibility index (Phi) is 2.11. The van der Waals surface area contributed by atoms with E-state index in [1.54, 1.807) is 0 Å². The van der Waals surface area contributed by atoms with Gasteiger partial charge in [0.25, 0.3) is 0 Å². The summed E-state index contributed by atoms with van der Waals surface area (Å²) in [6.07, 6.45) is 2.90. The number of aliphatic carboxylic acids is 1. The van der Waals surface area contributed by atoms with E-state index in [-0.39, 0.29) is 10.7 Å². The predicted molar refractivity (Wildman–Crippen MR) is 37.7 cm³/mol. The number of alkyl halides is 1. The Morgan fingerprint density at radius 1 is 1.56 bits per heavy atom. The Balaban J connectivity index is 2.49. The summed E-state index contributed by atoms with van der Waals surface area (Å²) < 4.78 is 0. The normalized spacial score (nSPS) is 34.8. The molecule has 0 aromatic rings. The molecule has 0 bridgehead atoms. The SMILES string of the molecule is O=C(O)[C@H]1CCC[C@@H]1Br. The zero-order valence-corrected chi connectivity index (χ0v) is 6.60. The number of rotatable bonds is 1. The van der Waals surface area contributed by atoms with Gasteiger partial charge in [0.2, 0.25) is 0 Å². The summed E-state index contributed by atoms with van der Waals surface area (Å²) in [6, 6.07) is 0. The van der Waals surface area contributed by atoms with E-state index in [2.05, 4.69) is 15.9 Å². The molecule has 1 saturated carbocycles. The molecule has 1 aliphatic carbocycles. The molecule has 52 valence electrons. The van der Waals surface area contributed by atoms with Crippen LogP contribution in [0.5, 0.6) is 0 Å². The van der Waals surface area contributed by atoms with E-state index in [1.165, 1.54) is 0 Å². The Bertz CT molecular complexity index is 124. The van der Waals surface area contributed by atoms with Crippen LogP contribution in [0, 0.1) is 5.92 Å². The van der Waals surface area contributed by atoms with Gasteiger partial charge in [-0.1, -0.05) is 22.4 Å². The summed E-state index contributed by atoms with van der Waals surface area (Å²) in [6.45, 7) is 0. The van der Waals surface area contributed by atoms with E-state index in [0.29, 0.717) is 0 Å². The molecule has 2 atom stereocenters. The fourth-order valence-corrected chi connectivity index (χ4v) is 2.01. The topological polar surface area (TPSA) is 37.3 Å². The summed E-state index contributed by atoms with van der Waals surface area (Å²) in [4.78, 5) is 10.6. The van der Waals surface area contributed by atoms with Crippen LogP contribution in [-0.2, 0) is 4.79 Å². The van der Waals surface area contributed by atoms with Gasteiger partial charge in [-0.05, 0) is 12.8 Å². The minimum atomic E-state index is -0.658. The fourth-order valence-electron chi connectivity index (χ4n) is 1.19. The number of carboxylic acid groups (broad SMARTS) is 1. The van der Waals surface area contributed by atoms with Crippen molar-refractivity contribution in [1.82, 2.24) is 0 Å². The molecule has 0 heterocycles. The van der Waals surface area contributed by atoms with E-state index in [1.807, 2.05) is 0 Å². The number of halogens is 1. The lowest BCUT2D eigenvalue weighted by molar-refractivity contribution is -0.141. The molecule has 0 unspecified atom stereocenters. The molecule has 1 N–H and O–H groups in total. The van der Waals surface area contributed by atoms with Gasteiger partial charge in [-0.15, -0.1) is 0 Å². The van der Waals surface area contributed by atoms with Crippen LogP contribution in [0.4, 0.5) is 0 Å². The van der Waals surface area contributed by atoms with Gasteiger partial charge in [-0.2, -0.15) is 0 Å². The Morgan fingerprint density at radius 3 is 2.44 bits per heavy atom. The average molecular weight is 193 g/mol. The van der Waals surface area contributed by atoms with Crippen molar-refractivity contribution in [2.45, 2.75) is 24.1 Å². The zero-order valence-electron chi connectivity index (χ0n) is 5.01. The van der Waals surface area contributed by atoms with Gasteiger partial charge >= 0.3 is 5.97 Å². The molecule has 0 aromatic heterocycles. The molecule has 0 radical (unpaired) electrons. The average Bonchev–Trinajstić information content (AvgIpc) is 2.13. The van der Waals surface area contributed by atoms with E-state index in [0.717, 1.165) is 19.3 Å². The van der Waals surface area contributed by atoms with Crippen LogP contribution in [-0.4, -0.2) is 15.9 Å². The van der Waals surface area contributed by atoms with Crippen LogP contribution in [0.1, 0.15) is 19.3 Å². The van der Waals surface area contributed by atoms with Crippen LogP contribution in [0.15, 0.2) is 0 Å². The van der Waals surface area contributed by atoms with Crippen molar-refractivity contribution < 1.29 is 9.90 Å². The Morgan fingerprint density at radius 2 is 2.22 bits per heavy atom. The summed E-state index contributed by atoms with van der Waals surface area (Å²) in [5.74, 6) is -0.792. The zero-order chi connectivity index (χ0) is 6.85. The monoisotopic (exact) mass is 192 g/mol. The highest BCUT2D eigenvalue weighted by Gasteiger charge is 2.30. The lowest BCUT2D eigenvalue weighted by Gasteiger charge is -2.05. The fraction of sp³-hybridized carbons (Fsp3) is 0.833. The molecule has 0 amide bonds. The lowest BCUT2D eigenvalue weighted by Crippen LogP contribution is -2.17. The third-order valence-corrected chi connectivity index (χ3v) is 2.84. The first kappa shape index (κ1) is 7.06. The Labute approximate surface area is 62.4 Å². The maximum Gasteiger partial charge on any atom is 0.307 e. The number of hydrogen-bond acceptors (Lipinski definition) is 1. The molecule has 0 aliphatic heterocycles. The molecule has 1 fully saturated rings. The van der Waals surface area contributed by atoms with Gasteiger partial charge in [0.05, 0.1) is 5.92 Å². The van der Waals surface area contributed by atoms with Gasteiger partial charge in [0.15, 0.2) is 0 Å². The van der Waals surface area contributed by atoms with Crippen molar-refractivity contribution in [2.24, 2.45) is 5.92 Å². The molecule has 0 spiro atoms. The highest BCUT2D eigenvalue weighted by Crippen LogP contribution is 2.31. The molecule has 0 aromatic carbocycles. The van der Waals surface area contributed by atoms with Gasteiger partial charge in [0, 0.05) is 4.83 Å². The highest BCUT2D eigenvalue weighted by molar-refractivity contribution is 9.09. The summed E-state index contributed by atoms with van der Waals surface area (Å²) in [5.41, 5.74) is 0. The summed E-state index contributed by atoms with van der Waals surface area (Å²) in [7, 11) is 0. The maximum atomic E-state index is 10.4. The molecule has 3 heteroatoms. The van der Waals surface area contributed by atoms with Crippen molar-refractivity contribution >= 4 is 21.9 Å². The second-order valence-electron chi connectivity index (χ2n) is 2.39. The molecule has 1 aliphatic rings. The van der Waals surface area contributed by atoms with Crippen molar-refractivity contribution in [2.75, 3.05) is 0 Å². The van der Waals surface area contributed by atoms with Gasteiger partial charge in [0.1, 0.15) is 0 Å². The van der Waals surface area contributed by atoms with Crippen molar-refractivity contribution in [1.29, 1.82) is 0 Å².